The van der Waals surface area contributed by atoms with E-state index in [9.17, 15) is 14.4 Å². The molecule has 0 fully saturated rings. The molecular weight excluding hydrogens is 342 g/mol. The van der Waals surface area contributed by atoms with Gasteiger partial charge in [0.05, 0.1) is 0 Å². The molecule has 2 aromatic rings. The van der Waals surface area contributed by atoms with Gasteiger partial charge in [-0.25, -0.2) is 0 Å². The lowest BCUT2D eigenvalue weighted by atomic mass is 10.1. The summed E-state index contributed by atoms with van der Waals surface area (Å²) in [5.41, 5.74) is 6.79. The van der Waals surface area contributed by atoms with Gasteiger partial charge in [-0.2, -0.15) is 0 Å². The van der Waals surface area contributed by atoms with Crippen molar-refractivity contribution in [3.05, 3.63) is 65.7 Å². The first kappa shape index (κ1) is 20.2. The van der Waals surface area contributed by atoms with Crippen LogP contribution in [0.25, 0.3) is 0 Å². The minimum absolute atomic E-state index is 0.00883. The van der Waals surface area contributed by atoms with E-state index in [0.717, 1.165) is 18.8 Å². The van der Waals surface area contributed by atoms with Crippen LogP contribution in [0.1, 0.15) is 47.4 Å². The summed E-state index contributed by atoms with van der Waals surface area (Å²) in [6.07, 6.45) is 0.0964. The summed E-state index contributed by atoms with van der Waals surface area (Å²) in [6.45, 7) is 5.92. The van der Waals surface area contributed by atoms with Crippen molar-refractivity contribution in [3.8, 4) is 0 Å². The van der Waals surface area contributed by atoms with Gasteiger partial charge in [-0.05, 0) is 38.1 Å². The molecule has 2 aromatic carbocycles. The number of hydrogen-bond donors (Lipinski definition) is 2. The number of nitrogens with zero attached hydrogens (tertiary/aromatic N) is 1. The van der Waals surface area contributed by atoms with Crippen molar-refractivity contribution in [2.75, 3.05) is 18.0 Å². The van der Waals surface area contributed by atoms with Gasteiger partial charge < -0.3 is 4.90 Å². The number of anilines is 1. The quantitative estimate of drug-likeness (QED) is 0.555. The van der Waals surface area contributed by atoms with Crippen molar-refractivity contribution < 1.29 is 14.4 Å². The lowest BCUT2D eigenvalue weighted by molar-refractivity contribution is -0.121. The fourth-order valence-corrected chi connectivity index (χ4v) is 2.67. The second kappa shape index (κ2) is 10.1. The molecule has 0 unspecified atom stereocenters. The Bertz CT molecular complexity index is 769. The molecule has 2 N–H and O–H groups in total. The highest BCUT2D eigenvalue weighted by molar-refractivity contribution is 5.98. The number of carbonyl (C=O) groups is 3. The summed E-state index contributed by atoms with van der Waals surface area (Å²) in [5.74, 6) is -0.916. The van der Waals surface area contributed by atoms with Crippen LogP contribution in [0.3, 0.4) is 0 Å². The molecule has 6 nitrogen and oxygen atoms in total. The highest BCUT2D eigenvalue weighted by atomic mass is 16.2. The SMILES string of the molecule is CCN(CC)c1ccc(C(=O)NNC(=O)CCC(=O)c2ccccc2)cc1. The zero-order chi connectivity index (χ0) is 19.6. The van der Waals surface area contributed by atoms with Crippen molar-refractivity contribution in [2.45, 2.75) is 26.7 Å². The largest absolute Gasteiger partial charge is 0.372 e. The lowest BCUT2D eigenvalue weighted by Gasteiger charge is -2.21. The molecular formula is C21H25N3O3. The van der Waals surface area contributed by atoms with Gasteiger partial charge in [-0.1, -0.05) is 30.3 Å². The Balaban J connectivity index is 1.79. The second-order valence-corrected chi connectivity index (χ2v) is 6.01. The second-order valence-electron chi connectivity index (χ2n) is 6.01. The number of Topliss-reactive ketones (excluding diaryl/α,β-unsaturated/α-hetero) is 1. The summed E-state index contributed by atoms with van der Waals surface area (Å²) in [6, 6.07) is 16.0. The van der Waals surface area contributed by atoms with Gasteiger partial charge in [0.2, 0.25) is 5.91 Å². The van der Waals surface area contributed by atoms with Gasteiger partial charge in [0.25, 0.3) is 5.91 Å². The van der Waals surface area contributed by atoms with Crippen LogP contribution in [0, 0.1) is 0 Å². The third kappa shape index (κ3) is 5.95. The van der Waals surface area contributed by atoms with Gasteiger partial charge in [0.15, 0.2) is 5.78 Å². The molecule has 0 bridgehead atoms. The van der Waals surface area contributed by atoms with Crippen molar-refractivity contribution in [3.63, 3.8) is 0 Å². The first-order chi connectivity index (χ1) is 13.0. The highest BCUT2D eigenvalue weighted by Crippen LogP contribution is 2.14. The number of carbonyl (C=O) groups excluding carboxylic acids is 3. The molecule has 0 aliphatic carbocycles. The number of ketones is 1. The Labute approximate surface area is 159 Å². The van der Waals surface area contributed by atoms with Crippen LogP contribution in [0.2, 0.25) is 0 Å². The molecule has 0 saturated carbocycles. The maximum atomic E-state index is 12.1. The van der Waals surface area contributed by atoms with Crippen molar-refractivity contribution >= 4 is 23.3 Å². The Morgan fingerprint density at radius 1 is 0.778 bits per heavy atom. The van der Waals surface area contributed by atoms with Crippen LogP contribution in [0.4, 0.5) is 5.69 Å². The lowest BCUT2D eigenvalue weighted by Crippen LogP contribution is -2.41. The first-order valence-electron chi connectivity index (χ1n) is 9.07. The average molecular weight is 367 g/mol. The van der Waals surface area contributed by atoms with Crippen LogP contribution in [0.15, 0.2) is 54.6 Å². The molecule has 0 atom stereocenters. The molecule has 6 heteroatoms. The molecule has 0 spiro atoms. The van der Waals surface area contributed by atoms with Crippen molar-refractivity contribution in [1.82, 2.24) is 10.9 Å². The third-order valence-corrected chi connectivity index (χ3v) is 4.25. The summed E-state index contributed by atoms with van der Waals surface area (Å²) in [7, 11) is 0. The number of rotatable bonds is 8. The molecule has 0 heterocycles. The minimum Gasteiger partial charge on any atom is -0.372 e. The van der Waals surface area contributed by atoms with Gasteiger partial charge in [-0.3, -0.25) is 25.2 Å². The Morgan fingerprint density at radius 3 is 2.00 bits per heavy atom. The zero-order valence-corrected chi connectivity index (χ0v) is 15.7. The maximum Gasteiger partial charge on any atom is 0.269 e. The molecule has 2 amide bonds. The van der Waals surface area contributed by atoms with E-state index in [1.807, 2.05) is 18.2 Å². The summed E-state index contributed by atoms with van der Waals surface area (Å²) < 4.78 is 0. The summed E-state index contributed by atoms with van der Waals surface area (Å²) in [5, 5.41) is 0. The predicted octanol–water partition coefficient (Wildman–Crippen LogP) is 2.96. The van der Waals surface area contributed by atoms with E-state index in [1.165, 1.54) is 0 Å². The van der Waals surface area contributed by atoms with E-state index in [4.69, 9.17) is 0 Å². The molecule has 0 saturated heterocycles. The van der Waals surface area contributed by atoms with Crippen LogP contribution >= 0.6 is 0 Å². The Morgan fingerprint density at radius 2 is 1.41 bits per heavy atom. The molecule has 0 radical (unpaired) electrons. The standard InChI is InChI=1S/C21H25N3O3/c1-3-24(4-2)18-12-10-17(11-13-18)21(27)23-22-20(26)15-14-19(25)16-8-6-5-7-9-16/h5-13H,3-4,14-15H2,1-2H3,(H,22,26)(H,23,27). The zero-order valence-electron chi connectivity index (χ0n) is 15.7. The van der Waals surface area contributed by atoms with Crippen molar-refractivity contribution in [2.24, 2.45) is 0 Å². The first-order valence-corrected chi connectivity index (χ1v) is 9.07. The fraction of sp³-hybridized carbons (Fsp3) is 0.286. The summed E-state index contributed by atoms with van der Waals surface area (Å²) >= 11 is 0. The van der Waals surface area contributed by atoms with Gasteiger partial charge in [-0.15, -0.1) is 0 Å². The van der Waals surface area contributed by atoms with Gasteiger partial charge >= 0.3 is 0 Å². The number of hydrazine groups is 1. The molecule has 2 rings (SSSR count). The number of benzene rings is 2. The number of hydrogen-bond acceptors (Lipinski definition) is 4. The number of amides is 2. The van der Waals surface area contributed by atoms with E-state index in [-0.39, 0.29) is 18.6 Å². The van der Waals surface area contributed by atoms with E-state index in [2.05, 4.69) is 29.6 Å². The minimum atomic E-state index is -0.410. The average Bonchev–Trinajstić information content (AvgIpc) is 2.72. The van der Waals surface area contributed by atoms with E-state index < -0.39 is 11.8 Å². The monoisotopic (exact) mass is 367 g/mol. The maximum absolute atomic E-state index is 12.1. The van der Waals surface area contributed by atoms with E-state index in [0.29, 0.717) is 11.1 Å². The molecule has 27 heavy (non-hydrogen) atoms. The Hall–Kier alpha value is -3.15. The van der Waals surface area contributed by atoms with Gasteiger partial charge in [0.1, 0.15) is 0 Å². The van der Waals surface area contributed by atoms with Crippen molar-refractivity contribution in [1.29, 1.82) is 0 Å². The fourth-order valence-electron chi connectivity index (χ4n) is 2.67. The summed E-state index contributed by atoms with van der Waals surface area (Å²) in [4.78, 5) is 38.1. The Kier molecular flexibility index (Phi) is 7.55. The molecule has 142 valence electrons. The van der Waals surface area contributed by atoms with Crippen LogP contribution in [-0.4, -0.2) is 30.7 Å². The smallest absolute Gasteiger partial charge is 0.269 e. The van der Waals surface area contributed by atoms with E-state index >= 15 is 0 Å². The molecule has 0 aliphatic heterocycles. The van der Waals surface area contributed by atoms with Crippen LogP contribution in [-0.2, 0) is 4.79 Å². The topological polar surface area (TPSA) is 78.5 Å². The molecule has 0 aromatic heterocycles. The van der Waals surface area contributed by atoms with Gasteiger partial charge in [0, 0.05) is 42.7 Å². The number of nitrogens with one attached hydrogen (secondary N) is 2. The normalized spacial score (nSPS) is 10.1. The van der Waals surface area contributed by atoms with Crippen LogP contribution < -0.4 is 15.8 Å². The van der Waals surface area contributed by atoms with Crippen LogP contribution in [0.5, 0.6) is 0 Å². The van der Waals surface area contributed by atoms with E-state index in [1.54, 1.807) is 36.4 Å². The third-order valence-electron chi connectivity index (χ3n) is 4.25. The predicted molar refractivity (Wildman–Crippen MR) is 106 cm³/mol. The molecule has 0 aliphatic rings. The highest BCUT2D eigenvalue weighted by Gasteiger charge is 2.11.